The molecular formula is C11H15BrO3. The largest absolute Gasteiger partial charge is 0.496 e. The van der Waals surface area contributed by atoms with Gasteiger partial charge in [-0.05, 0) is 35.8 Å². The van der Waals surface area contributed by atoms with Crippen molar-refractivity contribution < 1.29 is 14.6 Å². The minimum absolute atomic E-state index is 0.569. The molecule has 84 valence electrons. The summed E-state index contributed by atoms with van der Waals surface area (Å²) in [6.45, 7) is 3.60. The van der Waals surface area contributed by atoms with Crippen molar-refractivity contribution in [3.05, 3.63) is 21.7 Å². The van der Waals surface area contributed by atoms with Gasteiger partial charge in [-0.1, -0.05) is 0 Å². The highest BCUT2D eigenvalue weighted by atomic mass is 79.9. The van der Waals surface area contributed by atoms with Crippen LogP contribution in [0.2, 0.25) is 0 Å². The average molecular weight is 275 g/mol. The highest BCUT2D eigenvalue weighted by Crippen LogP contribution is 2.40. The molecule has 0 fully saturated rings. The van der Waals surface area contributed by atoms with Crippen LogP contribution in [-0.4, -0.2) is 19.3 Å². The van der Waals surface area contributed by atoms with Crippen LogP contribution < -0.4 is 9.47 Å². The molecule has 0 bridgehead atoms. The van der Waals surface area contributed by atoms with E-state index in [9.17, 15) is 5.11 Å². The van der Waals surface area contributed by atoms with E-state index in [1.165, 1.54) is 0 Å². The van der Waals surface area contributed by atoms with Crippen LogP contribution >= 0.6 is 15.9 Å². The lowest BCUT2D eigenvalue weighted by atomic mass is 10.0. The topological polar surface area (TPSA) is 38.7 Å². The van der Waals surface area contributed by atoms with Crippen LogP contribution in [0.1, 0.15) is 24.2 Å². The van der Waals surface area contributed by atoms with Gasteiger partial charge in [0.1, 0.15) is 11.5 Å². The van der Waals surface area contributed by atoms with Crippen LogP contribution in [0.4, 0.5) is 0 Å². The van der Waals surface area contributed by atoms with E-state index in [1.807, 2.05) is 13.0 Å². The fourth-order valence-electron chi connectivity index (χ4n) is 1.60. The molecule has 1 N–H and O–H groups in total. The summed E-state index contributed by atoms with van der Waals surface area (Å²) < 4.78 is 11.3. The first-order valence-corrected chi connectivity index (χ1v) is 5.41. The Labute approximate surface area is 98.1 Å². The van der Waals surface area contributed by atoms with Crippen molar-refractivity contribution >= 4 is 15.9 Å². The molecule has 0 spiro atoms. The first-order chi connectivity index (χ1) is 7.02. The summed E-state index contributed by atoms with van der Waals surface area (Å²) in [6, 6.07) is 1.81. The third kappa shape index (κ3) is 2.26. The van der Waals surface area contributed by atoms with Crippen molar-refractivity contribution in [2.75, 3.05) is 14.2 Å². The smallest absolute Gasteiger partial charge is 0.139 e. The van der Waals surface area contributed by atoms with Crippen LogP contribution in [0.15, 0.2) is 10.5 Å². The first kappa shape index (κ1) is 12.3. The highest BCUT2D eigenvalue weighted by molar-refractivity contribution is 9.10. The Hall–Kier alpha value is -0.740. The summed E-state index contributed by atoms with van der Waals surface area (Å²) >= 11 is 3.40. The van der Waals surface area contributed by atoms with Crippen molar-refractivity contribution in [2.24, 2.45) is 0 Å². The van der Waals surface area contributed by atoms with Gasteiger partial charge in [0.2, 0.25) is 0 Å². The van der Waals surface area contributed by atoms with E-state index in [2.05, 4.69) is 15.9 Å². The Morgan fingerprint density at radius 2 is 1.80 bits per heavy atom. The van der Waals surface area contributed by atoms with E-state index in [0.29, 0.717) is 5.75 Å². The number of methoxy groups -OCH3 is 2. The van der Waals surface area contributed by atoms with E-state index in [1.54, 1.807) is 21.1 Å². The van der Waals surface area contributed by atoms with Crippen molar-refractivity contribution in [2.45, 2.75) is 20.0 Å². The molecule has 1 aromatic carbocycles. The molecule has 1 unspecified atom stereocenters. The Kier molecular flexibility index (Phi) is 3.99. The molecule has 0 amide bonds. The monoisotopic (exact) mass is 274 g/mol. The van der Waals surface area contributed by atoms with Crippen molar-refractivity contribution in [3.8, 4) is 11.5 Å². The molecule has 4 heteroatoms. The molecule has 0 radical (unpaired) electrons. The lowest BCUT2D eigenvalue weighted by Gasteiger charge is -2.17. The van der Waals surface area contributed by atoms with Gasteiger partial charge in [-0.3, -0.25) is 0 Å². The fraction of sp³-hybridized carbons (Fsp3) is 0.455. The van der Waals surface area contributed by atoms with E-state index < -0.39 is 6.10 Å². The predicted molar refractivity (Wildman–Crippen MR) is 62.6 cm³/mol. The molecule has 0 aliphatic rings. The van der Waals surface area contributed by atoms with Crippen molar-refractivity contribution in [3.63, 3.8) is 0 Å². The number of aliphatic hydroxyl groups excluding tert-OH is 1. The summed E-state index contributed by atoms with van der Waals surface area (Å²) in [4.78, 5) is 0. The van der Waals surface area contributed by atoms with Gasteiger partial charge in [0.15, 0.2) is 0 Å². The molecule has 0 aliphatic heterocycles. The summed E-state index contributed by atoms with van der Waals surface area (Å²) in [7, 11) is 3.19. The standard InChI is InChI=1S/C11H15BrO3/c1-6-10(14-3)8(7(2)13)5-9(12)11(6)15-4/h5,7,13H,1-4H3. The van der Waals surface area contributed by atoms with Crippen LogP contribution in [-0.2, 0) is 0 Å². The van der Waals surface area contributed by atoms with Crippen molar-refractivity contribution in [1.29, 1.82) is 0 Å². The molecule has 1 atom stereocenters. The van der Waals surface area contributed by atoms with Crippen LogP contribution in [0.3, 0.4) is 0 Å². The van der Waals surface area contributed by atoms with E-state index in [0.717, 1.165) is 21.3 Å². The summed E-state index contributed by atoms with van der Waals surface area (Å²) in [5.41, 5.74) is 1.63. The lowest BCUT2D eigenvalue weighted by Crippen LogP contribution is -2.01. The normalized spacial score (nSPS) is 12.4. The number of ether oxygens (including phenoxy) is 2. The second-order valence-electron chi connectivity index (χ2n) is 3.32. The average Bonchev–Trinajstić information content (AvgIpc) is 2.17. The molecule has 0 aliphatic carbocycles. The number of hydrogen-bond donors (Lipinski definition) is 1. The quantitative estimate of drug-likeness (QED) is 0.921. The van der Waals surface area contributed by atoms with Gasteiger partial charge in [-0.25, -0.2) is 0 Å². The minimum Gasteiger partial charge on any atom is -0.496 e. The first-order valence-electron chi connectivity index (χ1n) is 4.62. The van der Waals surface area contributed by atoms with Gasteiger partial charge in [0, 0.05) is 11.1 Å². The van der Waals surface area contributed by atoms with Gasteiger partial charge in [-0.2, -0.15) is 0 Å². The van der Waals surface area contributed by atoms with Gasteiger partial charge in [0.25, 0.3) is 0 Å². The molecule has 0 saturated heterocycles. The zero-order valence-corrected chi connectivity index (χ0v) is 10.9. The molecule has 0 saturated carbocycles. The zero-order chi connectivity index (χ0) is 11.6. The van der Waals surface area contributed by atoms with Crippen molar-refractivity contribution in [1.82, 2.24) is 0 Å². The second kappa shape index (κ2) is 4.86. The molecule has 0 aromatic heterocycles. The van der Waals surface area contributed by atoms with Crippen LogP contribution in [0, 0.1) is 6.92 Å². The lowest BCUT2D eigenvalue weighted by molar-refractivity contribution is 0.193. The summed E-state index contributed by atoms with van der Waals surface area (Å²) in [5, 5.41) is 9.61. The number of aliphatic hydroxyl groups is 1. The third-order valence-electron chi connectivity index (χ3n) is 2.30. The second-order valence-corrected chi connectivity index (χ2v) is 4.17. The number of benzene rings is 1. The molecule has 1 rings (SSSR count). The molecule has 15 heavy (non-hydrogen) atoms. The maximum Gasteiger partial charge on any atom is 0.139 e. The molecule has 0 heterocycles. The number of halogens is 1. The SMILES string of the molecule is COc1c(Br)cc(C(C)O)c(OC)c1C. The van der Waals surface area contributed by atoms with Crippen LogP contribution in [0.5, 0.6) is 11.5 Å². The Morgan fingerprint density at radius 3 is 2.20 bits per heavy atom. The Balaban J connectivity index is 3.44. The van der Waals surface area contributed by atoms with E-state index in [-0.39, 0.29) is 0 Å². The third-order valence-corrected chi connectivity index (χ3v) is 2.89. The van der Waals surface area contributed by atoms with Gasteiger partial charge < -0.3 is 14.6 Å². The maximum atomic E-state index is 9.61. The van der Waals surface area contributed by atoms with Gasteiger partial charge in [-0.15, -0.1) is 0 Å². The maximum absolute atomic E-state index is 9.61. The van der Waals surface area contributed by atoms with Crippen LogP contribution in [0.25, 0.3) is 0 Å². The predicted octanol–water partition coefficient (Wildman–Crippen LogP) is 2.83. The van der Waals surface area contributed by atoms with E-state index in [4.69, 9.17) is 9.47 Å². The zero-order valence-electron chi connectivity index (χ0n) is 9.30. The molecule has 3 nitrogen and oxygen atoms in total. The Bertz CT molecular complexity index is 361. The van der Waals surface area contributed by atoms with Gasteiger partial charge >= 0.3 is 0 Å². The summed E-state index contributed by atoms with van der Waals surface area (Å²) in [6.07, 6.45) is -0.569. The van der Waals surface area contributed by atoms with E-state index >= 15 is 0 Å². The fourth-order valence-corrected chi connectivity index (χ4v) is 2.30. The Morgan fingerprint density at radius 1 is 1.27 bits per heavy atom. The highest BCUT2D eigenvalue weighted by Gasteiger charge is 2.17. The molecule has 1 aromatic rings. The number of rotatable bonds is 3. The molecular weight excluding hydrogens is 260 g/mol. The van der Waals surface area contributed by atoms with Gasteiger partial charge in [0.05, 0.1) is 24.8 Å². The minimum atomic E-state index is -0.569. The number of hydrogen-bond acceptors (Lipinski definition) is 3. The summed E-state index contributed by atoms with van der Waals surface area (Å²) in [5.74, 6) is 1.40.